The van der Waals surface area contributed by atoms with Crippen LogP contribution in [0.5, 0.6) is 0 Å². The predicted molar refractivity (Wildman–Crippen MR) is 105 cm³/mol. The molecule has 0 radical (unpaired) electrons. The average molecular weight is 422 g/mol. The first kappa shape index (κ1) is 18.7. The van der Waals surface area contributed by atoms with Crippen LogP contribution in [-0.4, -0.2) is 29.4 Å². The lowest BCUT2D eigenvalue weighted by Gasteiger charge is -2.31. The second-order valence-electron chi connectivity index (χ2n) is 6.63. The highest BCUT2D eigenvalue weighted by Gasteiger charge is 2.31. The summed E-state index contributed by atoms with van der Waals surface area (Å²) in [6.07, 6.45) is 1.65. The highest BCUT2D eigenvalue weighted by molar-refractivity contribution is 7.91. The molecule has 2 N–H and O–H groups in total. The van der Waals surface area contributed by atoms with E-state index in [2.05, 4.69) is 20.1 Å². The van der Waals surface area contributed by atoms with Crippen molar-refractivity contribution in [3.8, 4) is 0 Å². The summed E-state index contributed by atoms with van der Waals surface area (Å²) in [5.74, 6) is 0.0747. The van der Waals surface area contributed by atoms with Gasteiger partial charge in [-0.15, -0.1) is 5.10 Å². The molecule has 0 aliphatic carbocycles. The highest BCUT2D eigenvalue weighted by atomic mass is 35.5. The standard InChI is InChI=1S/C18H17ClFN5O2S/c1-28(26,27)24-17-22-18-21-15(11-2-6-13(19)7-3-11)10-16(25(18)23-17)12-4-8-14(20)9-5-12/h2-9,15-16H,10H2,1H3,(H2,21,22,23,24). The number of hydrogen-bond acceptors (Lipinski definition) is 5. The van der Waals surface area contributed by atoms with Crippen molar-refractivity contribution < 1.29 is 12.8 Å². The SMILES string of the molecule is CS(=O)(=O)Nc1nc2n(n1)C(c1ccc(F)cc1)CC(c1ccc(Cl)cc1)N2. The van der Waals surface area contributed by atoms with E-state index in [9.17, 15) is 12.8 Å². The van der Waals surface area contributed by atoms with E-state index >= 15 is 0 Å². The lowest BCUT2D eigenvalue weighted by atomic mass is 9.93. The minimum atomic E-state index is -3.52. The van der Waals surface area contributed by atoms with Crippen molar-refractivity contribution in [2.24, 2.45) is 0 Å². The molecule has 3 aromatic rings. The van der Waals surface area contributed by atoms with Crippen LogP contribution in [-0.2, 0) is 10.0 Å². The van der Waals surface area contributed by atoms with Gasteiger partial charge in [-0.05, 0) is 41.8 Å². The second-order valence-corrected chi connectivity index (χ2v) is 8.81. The molecule has 0 amide bonds. The topological polar surface area (TPSA) is 88.9 Å². The third kappa shape index (κ3) is 3.95. The Kier molecular flexibility index (Phi) is 4.72. The Morgan fingerprint density at radius 2 is 1.79 bits per heavy atom. The molecule has 1 aliphatic rings. The molecule has 2 atom stereocenters. The van der Waals surface area contributed by atoms with Crippen LogP contribution in [0.1, 0.15) is 29.6 Å². The van der Waals surface area contributed by atoms with Gasteiger partial charge in [0, 0.05) is 5.02 Å². The quantitative estimate of drug-likeness (QED) is 0.672. The molecule has 4 rings (SSSR count). The monoisotopic (exact) mass is 421 g/mol. The van der Waals surface area contributed by atoms with E-state index in [4.69, 9.17) is 11.6 Å². The molecule has 0 bridgehead atoms. The molecule has 0 spiro atoms. The zero-order valence-electron chi connectivity index (χ0n) is 14.8. The van der Waals surface area contributed by atoms with Gasteiger partial charge >= 0.3 is 0 Å². The first-order valence-electron chi connectivity index (χ1n) is 8.50. The van der Waals surface area contributed by atoms with E-state index in [0.717, 1.165) is 17.4 Å². The first-order chi connectivity index (χ1) is 13.3. The molecule has 2 heterocycles. The Hall–Kier alpha value is -2.65. The van der Waals surface area contributed by atoms with Crippen LogP contribution in [0.25, 0.3) is 0 Å². The van der Waals surface area contributed by atoms with Gasteiger partial charge in [-0.1, -0.05) is 35.9 Å². The Balaban J connectivity index is 1.75. The second kappa shape index (κ2) is 7.06. The van der Waals surface area contributed by atoms with Crippen LogP contribution >= 0.6 is 11.6 Å². The van der Waals surface area contributed by atoms with Crippen molar-refractivity contribution in [2.75, 3.05) is 16.3 Å². The summed E-state index contributed by atoms with van der Waals surface area (Å²) in [6, 6.07) is 13.3. The Morgan fingerprint density at radius 1 is 1.14 bits per heavy atom. The van der Waals surface area contributed by atoms with Crippen molar-refractivity contribution >= 4 is 33.5 Å². The van der Waals surface area contributed by atoms with Crippen LogP contribution in [0.15, 0.2) is 48.5 Å². The minimum absolute atomic E-state index is 0.0196. The van der Waals surface area contributed by atoms with E-state index in [-0.39, 0.29) is 23.8 Å². The van der Waals surface area contributed by atoms with Crippen LogP contribution in [0.2, 0.25) is 5.02 Å². The number of aromatic nitrogens is 3. The molecule has 10 heteroatoms. The van der Waals surface area contributed by atoms with Gasteiger partial charge in [0.05, 0.1) is 18.3 Å². The number of benzene rings is 2. The van der Waals surface area contributed by atoms with E-state index in [1.54, 1.807) is 28.9 Å². The molecule has 2 aromatic carbocycles. The van der Waals surface area contributed by atoms with Gasteiger partial charge in [0.1, 0.15) is 5.82 Å². The number of anilines is 2. The zero-order valence-corrected chi connectivity index (χ0v) is 16.4. The Labute approximate surface area is 166 Å². The Bertz CT molecular complexity index is 1100. The lowest BCUT2D eigenvalue weighted by Crippen LogP contribution is -2.28. The summed E-state index contributed by atoms with van der Waals surface area (Å²) >= 11 is 5.99. The molecule has 0 saturated carbocycles. The van der Waals surface area contributed by atoms with Gasteiger partial charge in [-0.25, -0.2) is 17.5 Å². The van der Waals surface area contributed by atoms with Crippen molar-refractivity contribution in [3.05, 3.63) is 70.5 Å². The molecule has 1 aliphatic heterocycles. The number of hydrogen-bond donors (Lipinski definition) is 2. The number of nitrogens with zero attached hydrogens (tertiary/aromatic N) is 3. The highest BCUT2D eigenvalue weighted by Crippen LogP contribution is 2.38. The molecule has 2 unspecified atom stereocenters. The largest absolute Gasteiger partial charge is 0.347 e. The van der Waals surface area contributed by atoms with E-state index < -0.39 is 10.0 Å². The number of rotatable bonds is 4. The number of nitrogens with one attached hydrogen (secondary N) is 2. The van der Waals surface area contributed by atoms with Crippen molar-refractivity contribution in [1.82, 2.24) is 14.8 Å². The normalized spacial score (nSPS) is 19.0. The van der Waals surface area contributed by atoms with Crippen LogP contribution in [0, 0.1) is 5.82 Å². The smallest absolute Gasteiger partial charge is 0.257 e. The van der Waals surface area contributed by atoms with Gasteiger partial charge in [-0.3, -0.25) is 4.72 Å². The first-order valence-corrected chi connectivity index (χ1v) is 10.8. The lowest BCUT2D eigenvalue weighted by molar-refractivity contribution is 0.431. The molecule has 146 valence electrons. The van der Waals surface area contributed by atoms with Gasteiger partial charge in [-0.2, -0.15) is 4.98 Å². The fourth-order valence-corrected chi connectivity index (χ4v) is 3.81. The summed E-state index contributed by atoms with van der Waals surface area (Å²) in [5.41, 5.74) is 1.85. The van der Waals surface area contributed by atoms with E-state index in [1.165, 1.54) is 12.1 Å². The molecule has 0 fully saturated rings. The van der Waals surface area contributed by atoms with Crippen molar-refractivity contribution in [3.63, 3.8) is 0 Å². The molecule has 28 heavy (non-hydrogen) atoms. The summed E-state index contributed by atoms with van der Waals surface area (Å²) < 4.78 is 40.4. The zero-order chi connectivity index (χ0) is 19.9. The molecule has 7 nitrogen and oxygen atoms in total. The van der Waals surface area contributed by atoms with Gasteiger partial charge in [0.15, 0.2) is 0 Å². The Morgan fingerprint density at radius 3 is 2.43 bits per heavy atom. The minimum Gasteiger partial charge on any atom is -0.347 e. The number of fused-ring (bicyclic) bond motifs is 1. The van der Waals surface area contributed by atoms with Gasteiger partial charge in [0.2, 0.25) is 16.0 Å². The summed E-state index contributed by atoms with van der Waals surface area (Å²) in [4.78, 5) is 4.27. The third-order valence-corrected chi connectivity index (χ3v) is 5.30. The maximum absolute atomic E-state index is 13.4. The van der Waals surface area contributed by atoms with Gasteiger partial charge in [0.25, 0.3) is 5.95 Å². The molecular formula is C18H17ClFN5O2S. The average Bonchev–Trinajstić information content (AvgIpc) is 3.02. The van der Waals surface area contributed by atoms with Crippen molar-refractivity contribution in [2.45, 2.75) is 18.5 Å². The predicted octanol–water partition coefficient (Wildman–Crippen LogP) is 3.59. The maximum Gasteiger partial charge on any atom is 0.257 e. The van der Waals surface area contributed by atoms with Crippen LogP contribution in [0.4, 0.5) is 16.3 Å². The summed E-state index contributed by atoms with van der Waals surface area (Å²) in [6.45, 7) is 0. The van der Waals surface area contributed by atoms with Crippen LogP contribution < -0.4 is 10.0 Å². The van der Waals surface area contributed by atoms with Gasteiger partial charge < -0.3 is 5.32 Å². The fourth-order valence-electron chi connectivity index (χ4n) is 3.26. The fraction of sp³-hybridized carbons (Fsp3) is 0.222. The third-order valence-electron chi connectivity index (χ3n) is 4.49. The summed E-state index contributed by atoms with van der Waals surface area (Å²) in [7, 11) is -3.52. The molecular weight excluding hydrogens is 405 g/mol. The molecule has 1 aromatic heterocycles. The summed E-state index contributed by atoms with van der Waals surface area (Å²) in [5, 5.41) is 8.22. The molecule has 0 saturated heterocycles. The van der Waals surface area contributed by atoms with E-state index in [1.807, 2.05) is 12.1 Å². The van der Waals surface area contributed by atoms with Crippen molar-refractivity contribution in [1.29, 1.82) is 0 Å². The number of sulfonamides is 1. The number of halogens is 2. The maximum atomic E-state index is 13.4. The van der Waals surface area contributed by atoms with Crippen LogP contribution in [0.3, 0.4) is 0 Å². The van der Waals surface area contributed by atoms with E-state index in [0.29, 0.717) is 17.4 Å².